The summed E-state index contributed by atoms with van der Waals surface area (Å²) in [6.07, 6.45) is 5.40. The van der Waals surface area contributed by atoms with Crippen molar-refractivity contribution in [2.45, 2.75) is 0 Å². The van der Waals surface area contributed by atoms with Gasteiger partial charge in [0.05, 0.1) is 13.2 Å². The Bertz CT molecular complexity index is 201. The van der Waals surface area contributed by atoms with E-state index in [2.05, 4.69) is 11.6 Å². The highest BCUT2D eigenvalue weighted by Crippen LogP contribution is 1.88. The molecule has 0 bridgehead atoms. The second kappa shape index (κ2) is 2.40. The van der Waals surface area contributed by atoms with Gasteiger partial charge in [-0.25, -0.2) is 4.57 Å². The van der Waals surface area contributed by atoms with Crippen LogP contribution in [0.25, 0.3) is 6.08 Å². The molecule has 0 radical (unpaired) electrons. The smallest absolute Gasteiger partial charge is 0.240 e. The van der Waals surface area contributed by atoms with E-state index in [1.807, 2.05) is 23.9 Å². The van der Waals surface area contributed by atoms with Crippen molar-refractivity contribution in [3.05, 3.63) is 30.9 Å². The van der Waals surface area contributed by atoms with Crippen molar-refractivity contribution in [1.29, 1.82) is 0 Å². The maximum absolute atomic E-state index is 4.04. The summed E-state index contributed by atoms with van der Waals surface area (Å²) in [4.78, 5) is 4.04. The molecule has 1 heterocycles. The molecule has 0 aromatic carbocycles. The van der Waals surface area contributed by atoms with Gasteiger partial charge >= 0.3 is 0 Å². The van der Waals surface area contributed by atoms with Crippen LogP contribution < -0.4 is 4.57 Å². The molecule has 2 nitrogen and oxygen atoms in total. The van der Waals surface area contributed by atoms with Crippen molar-refractivity contribution >= 4 is 6.08 Å². The SMILES string of the molecule is C=Cc1cc[n+](C)cn1. The average Bonchev–Trinajstić information content (AvgIpc) is 1.90. The lowest BCUT2D eigenvalue weighted by Gasteiger charge is -1.84. The van der Waals surface area contributed by atoms with Crippen LogP contribution in [0.1, 0.15) is 5.69 Å². The lowest BCUT2D eigenvalue weighted by atomic mass is 10.4. The van der Waals surface area contributed by atoms with Gasteiger partial charge in [-0.05, 0) is 11.1 Å². The fourth-order valence-electron chi connectivity index (χ4n) is 0.554. The molecular weight excluding hydrogens is 112 g/mol. The van der Waals surface area contributed by atoms with Gasteiger partial charge in [-0.2, -0.15) is 0 Å². The number of rotatable bonds is 1. The van der Waals surface area contributed by atoms with Gasteiger partial charge in [0.25, 0.3) is 6.33 Å². The van der Waals surface area contributed by atoms with Crippen molar-refractivity contribution in [3.63, 3.8) is 0 Å². The summed E-state index contributed by atoms with van der Waals surface area (Å²) in [6, 6.07) is 1.91. The Morgan fingerprint density at radius 3 is 3.00 bits per heavy atom. The summed E-state index contributed by atoms with van der Waals surface area (Å²) in [5.41, 5.74) is 0.910. The number of aromatic nitrogens is 2. The highest BCUT2D eigenvalue weighted by Gasteiger charge is 1.92. The molecule has 9 heavy (non-hydrogen) atoms. The third kappa shape index (κ3) is 1.35. The molecule has 0 saturated heterocycles. The molecule has 0 aliphatic carbocycles. The second-order valence-corrected chi connectivity index (χ2v) is 1.85. The summed E-state index contributed by atoms with van der Waals surface area (Å²) >= 11 is 0. The van der Waals surface area contributed by atoms with E-state index in [1.165, 1.54) is 0 Å². The van der Waals surface area contributed by atoms with Crippen LogP contribution >= 0.6 is 0 Å². The van der Waals surface area contributed by atoms with Crippen LogP contribution in [0.5, 0.6) is 0 Å². The molecule has 0 saturated carbocycles. The molecule has 0 unspecified atom stereocenters. The van der Waals surface area contributed by atoms with E-state index < -0.39 is 0 Å². The van der Waals surface area contributed by atoms with Crippen molar-refractivity contribution in [3.8, 4) is 0 Å². The highest BCUT2D eigenvalue weighted by atomic mass is 15.0. The van der Waals surface area contributed by atoms with Crippen LogP contribution in [0.4, 0.5) is 0 Å². The standard InChI is InChI=1S/C7H9N2/c1-3-7-4-5-9(2)6-8-7/h3-6H,1H2,2H3/q+1. The van der Waals surface area contributed by atoms with Crippen LogP contribution in [0.3, 0.4) is 0 Å². The average molecular weight is 121 g/mol. The van der Waals surface area contributed by atoms with Crippen LogP contribution in [-0.4, -0.2) is 4.98 Å². The van der Waals surface area contributed by atoms with Gasteiger partial charge in [-0.15, -0.1) is 0 Å². The zero-order valence-electron chi connectivity index (χ0n) is 5.41. The Hall–Kier alpha value is -1.18. The van der Waals surface area contributed by atoms with Gasteiger partial charge in [0.15, 0.2) is 5.69 Å². The molecule has 1 rings (SSSR count). The third-order valence-corrected chi connectivity index (χ3v) is 1.08. The summed E-state index contributed by atoms with van der Waals surface area (Å²) < 4.78 is 1.88. The molecule has 0 N–H and O–H groups in total. The number of aryl methyl sites for hydroxylation is 1. The van der Waals surface area contributed by atoms with Gasteiger partial charge < -0.3 is 0 Å². The minimum atomic E-state index is 0.910. The summed E-state index contributed by atoms with van der Waals surface area (Å²) in [7, 11) is 1.93. The van der Waals surface area contributed by atoms with Crippen LogP contribution in [0, 0.1) is 0 Å². The molecule has 0 fully saturated rings. The number of nitrogens with zero attached hydrogens (tertiary/aromatic N) is 2. The first-order valence-electron chi connectivity index (χ1n) is 2.76. The van der Waals surface area contributed by atoms with Crippen LogP contribution in [-0.2, 0) is 7.05 Å². The molecule has 1 aromatic heterocycles. The fraction of sp³-hybridized carbons (Fsp3) is 0.143. The first-order chi connectivity index (χ1) is 4.33. The van der Waals surface area contributed by atoms with Gasteiger partial charge in [0.2, 0.25) is 0 Å². The topological polar surface area (TPSA) is 16.8 Å². The molecule has 46 valence electrons. The Kier molecular flexibility index (Phi) is 1.58. The molecular formula is C7H9N2+. The second-order valence-electron chi connectivity index (χ2n) is 1.85. The van der Waals surface area contributed by atoms with E-state index in [9.17, 15) is 0 Å². The van der Waals surface area contributed by atoms with E-state index in [1.54, 1.807) is 12.4 Å². The van der Waals surface area contributed by atoms with E-state index in [4.69, 9.17) is 0 Å². The minimum Gasteiger partial charge on any atom is -0.240 e. The van der Waals surface area contributed by atoms with Gasteiger partial charge in [0.1, 0.15) is 0 Å². The van der Waals surface area contributed by atoms with Crippen molar-refractivity contribution in [1.82, 2.24) is 4.98 Å². The molecule has 0 spiro atoms. The van der Waals surface area contributed by atoms with Gasteiger partial charge in [0, 0.05) is 6.07 Å². The van der Waals surface area contributed by atoms with E-state index in [0.29, 0.717) is 0 Å². The molecule has 0 amide bonds. The molecule has 1 aromatic rings. The minimum absolute atomic E-state index is 0.910. The largest absolute Gasteiger partial charge is 0.286 e. The molecule has 0 atom stereocenters. The predicted molar refractivity (Wildman–Crippen MR) is 35.5 cm³/mol. The Morgan fingerprint density at radius 2 is 2.56 bits per heavy atom. The van der Waals surface area contributed by atoms with E-state index >= 15 is 0 Å². The summed E-state index contributed by atoms with van der Waals surface area (Å²) in [5.74, 6) is 0. The molecule has 0 aliphatic rings. The summed E-state index contributed by atoms with van der Waals surface area (Å²) in [5, 5.41) is 0. The fourth-order valence-corrected chi connectivity index (χ4v) is 0.554. The quantitative estimate of drug-likeness (QED) is 0.496. The Labute approximate surface area is 54.5 Å². The molecule has 0 aliphatic heterocycles. The van der Waals surface area contributed by atoms with Gasteiger partial charge in [-0.1, -0.05) is 6.58 Å². The highest BCUT2D eigenvalue weighted by molar-refractivity contribution is 5.38. The van der Waals surface area contributed by atoms with Crippen LogP contribution in [0.15, 0.2) is 25.2 Å². The maximum Gasteiger partial charge on any atom is 0.286 e. The first-order valence-corrected chi connectivity index (χ1v) is 2.76. The van der Waals surface area contributed by atoms with E-state index in [0.717, 1.165) is 5.69 Å². The third-order valence-electron chi connectivity index (χ3n) is 1.08. The Morgan fingerprint density at radius 1 is 1.78 bits per heavy atom. The monoisotopic (exact) mass is 121 g/mol. The predicted octanol–water partition coefficient (Wildman–Crippen LogP) is 0.549. The first kappa shape index (κ1) is 5.95. The lowest BCUT2D eigenvalue weighted by molar-refractivity contribution is -0.674. The lowest BCUT2D eigenvalue weighted by Crippen LogP contribution is -2.27. The number of hydrogen-bond donors (Lipinski definition) is 0. The number of hydrogen-bond acceptors (Lipinski definition) is 1. The zero-order valence-corrected chi connectivity index (χ0v) is 5.41. The van der Waals surface area contributed by atoms with Crippen LogP contribution in [0.2, 0.25) is 0 Å². The maximum atomic E-state index is 4.04. The van der Waals surface area contributed by atoms with Crippen molar-refractivity contribution in [2.75, 3.05) is 0 Å². The normalized spacial score (nSPS) is 9.00. The zero-order chi connectivity index (χ0) is 6.69. The van der Waals surface area contributed by atoms with Gasteiger partial charge in [-0.3, -0.25) is 0 Å². The molecule has 2 heteroatoms. The van der Waals surface area contributed by atoms with Crippen molar-refractivity contribution in [2.24, 2.45) is 7.05 Å². The van der Waals surface area contributed by atoms with E-state index in [-0.39, 0.29) is 0 Å². The summed E-state index contributed by atoms with van der Waals surface area (Å²) in [6.45, 7) is 3.59. The Balaban J connectivity index is 3.01. The van der Waals surface area contributed by atoms with Crippen molar-refractivity contribution < 1.29 is 4.57 Å².